The number of thioether (sulfide) groups is 1. The van der Waals surface area contributed by atoms with Crippen LogP contribution >= 0.6 is 11.8 Å². The van der Waals surface area contributed by atoms with Gasteiger partial charge in [-0.25, -0.2) is 8.78 Å². The van der Waals surface area contributed by atoms with Crippen molar-refractivity contribution in [1.29, 1.82) is 0 Å². The van der Waals surface area contributed by atoms with E-state index in [1.807, 2.05) is 42.0 Å². The lowest BCUT2D eigenvalue weighted by atomic mass is 10.1. The molecule has 0 saturated carbocycles. The van der Waals surface area contributed by atoms with Crippen LogP contribution in [0.3, 0.4) is 0 Å². The number of para-hydroxylation sites is 1. The lowest BCUT2D eigenvalue weighted by Crippen LogP contribution is -2.15. The Balaban J connectivity index is 1.50. The fourth-order valence-electron chi connectivity index (χ4n) is 3.04. The first-order valence-corrected chi connectivity index (χ1v) is 9.92. The molecule has 0 bridgehead atoms. The molecule has 29 heavy (non-hydrogen) atoms. The third-order valence-corrected chi connectivity index (χ3v) is 5.37. The molecule has 2 aromatic carbocycles. The van der Waals surface area contributed by atoms with Gasteiger partial charge in [0.05, 0.1) is 11.4 Å². The molecule has 0 aliphatic rings. The number of hydrogen-bond acceptors (Lipinski definition) is 4. The monoisotopic (exact) mass is 413 g/mol. The molecule has 6 nitrogen and oxygen atoms in total. The Kier molecular flexibility index (Phi) is 5.30. The molecule has 0 aliphatic carbocycles. The molecular formula is C20H17F2N5OS. The average Bonchev–Trinajstić information content (AvgIpc) is 3.31. The predicted octanol–water partition coefficient (Wildman–Crippen LogP) is 4.46. The van der Waals surface area contributed by atoms with Gasteiger partial charge in [-0.3, -0.25) is 4.79 Å². The van der Waals surface area contributed by atoms with Gasteiger partial charge in [0, 0.05) is 35.3 Å². The number of aromatic nitrogens is 4. The zero-order chi connectivity index (χ0) is 20.4. The fraction of sp³-hybridized carbons (Fsp3) is 0.150. The fourth-order valence-corrected chi connectivity index (χ4v) is 3.85. The average molecular weight is 413 g/mol. The molecule has 2 heterocycles. The Morgan fingerprint density at radius 3 is 2.83 bits per heavy atom. The lowest BCUT2D eigenvalue weighted by molar-refractivity contribution is -0.113. The minimum atomic E-state index is -0.818. The van der Waals surface area contributed by atoms with E-state index in [0.29, 0.717) is 17.5 Å². The number of hydrogen-bond donors (Lipinski definition) is 2. The third kappa shape index (κ3) is 3.86. The molecular weight excluding hydrogens is 396 g/mol. The van der Waals surface area contributed by atoms with Crippen molar-refractivity contribution in [3.8, 4) is 11.4 Å². The van der Waals surface area contributed by atoms with Crippen molar-refractivity contribution in [2.75, 3.05) is 11.1 Å². The van der Waals surface area contributed by atoms with E-state index >= 15 is 0 Å². The van der Waals surface area contributed by atoms with Gasteiger partial charge in [0.25, 0.3) is 0 Å². The molecule has 0 saturated heterocycles. The Bertz CT molecular complexity index is 1190. The summed E-state index contributed by atoms with van der Waals surface area (Å²) in [5, 5.41) is 12.6. The van der Waals surface area contributed by atoms with Crippen molar-refractivity contribution in [2.24, 2.45) is 0 Å². The minimum Gasteiger partial charge on any atom is -0.360 e. The molecule has 9 heteroatoms. The van der Waals surface area contributed by atoms with E-state index in [1.54, 1.807) is 0 Å². The largest absolute Gasteiger partial charge is 0.360 e. The number of halogens is 2. The lowest BCUT2D eigenvalue weighted by Gasteiger charge is -2.08. The number of aromatic amines is 1. The zero-order valence-corrected chi connectivity index (χ0v) is 16.3. The Morgan fingerprint density at radius 2 is 2.03 bits per heavy atom. The number of anilines is 1. The standard InChI is InChI=1S/C20H17F2N5OS/c1-2-27-19(14-10-23-16-6-4-3-5-13(14)16)25-26-20(27)29-11-18(28)24-17-8-7-12(21)9-15(17)22/h3-10,23H,2,11H2,1H3,(H,24,28). The highest BCUT2D eigenvalue weighted by molar-refractivity contribution is 7.99. The van der Waals surface area contributed by atoms with E-state index in [1.165, 1.54) is 17.8 Å². The normalized spacial score (nSPS) is 11.1. The number of fused-ring (bicyclic) bond motifs is 1. The molecule has 0 radical (unpaired) electrons. The number of carbonyl (C=O) groups is 1. The third-order valence-electron chi connectivity index (χ3n) is 4.40. The summed E-state index contributed by atoms with van der Waals surface area (Å²) in [6, 6.07) is 10.9. The number of nitrogens with one attached hydrogen (secondary N) is 2. The van der Waals surface area contributed by atoms with Crippen LogP contribution in [-0.2, 0) is 11.3 Å². The summed E-state index contributed by atoms with van der Waals surface area (Å²) < 4.78 is 28.6. The van der Waals surface area contributed by atoms with Gasteiger partial charge in [-0.15, -0.1) is 10.2 Å². The first-order chi connectivity index (χ1) is 14.1. The Morgan fingerprint density at radius 1 is 1.21 bits per heavy atom. The predicted molar refractivity (Wildman–Crippen MR) is 109 cm³/mol. The maximum atomic E-state index is 13.7. The molecule has 148 valence electrons. The number of H-pyrrole nitrogens is 1. The van der Waals surface area contributed by atoms with Crippen molar-refractivity contribution in [3.63, 3.8) is 0 Å². The molecule has 0 aliphatic heterocycles. The van der Waals surface area contributed by atoms with Crippen LogP contribution in [0, 0.1) is 11.6 Å². The smallest absolute Gasteiger partial charge is 0.234 e. The minimum absolute atomic E-state index is 0.0167. The first-order valence-electron chi connectivity index (χ1n) is 8.94. The van der Waals surface area contributed by atoms with Crippen molar-refractivity contribution >= 4 is 34.3 Å². The molecule has 2 N–H and O–H groups in total. The number of nitrogens with zero attached hydrogens (tertiary/aromatic N) is 3. The van der Waals surface area contributed by atoms with E-state index in [-0.39, 0.29) is 11.4 Å². The van der Waals surface area contributed by atoms with Crippen molar-refractivity contribution in [1.82, 2.24) is 19.7 Å². The topological polar surface area (TPSA) is 75.6 Å². The van der Waals surface area contributed by atoms with Crippen LogP contribution in [0.25, 0.3) is 22.3 Å². The summed E-state index contributed by atoms with van der Waals surface area (Å²) in [6.07, 6.45) is 1.89. The summed E-state index contributed by atoms with van der Waals surface area (Å²) in [5.74, 6) is -1.21. The summed E-state index contributed by atoms with van der Waals surface area (Å²) >= 11 is 1.20. The molecule has 0 spiro atoms. The van der Waals surface area contributed by atoms with E-state index in [2.05, 4.69) is 20.5 Å². The van der Waals surface area contributed by atoms with Crippen LogP contribution < -0.4 is 5.32 Å². The quantitative estimate of drug-likeness (QED) is 0.458. The molecule has 0 unspecified atom stereocenters. The molecule has 0 atom stereocenters. The van der Waals surface area contributed by atoms with Crippen molar-refractivity contribution in [2.45, 2.75) is 18.6 Å². The summed E-state index contributed by atoms with van der Waals surface area (Å²) in [6.45, 7) is 2.60. The molecule has 0 fully saturated rings. The second-order valence-electron chi connectivity index (χ2n) is 6.26. The van der Waals surface area contributed by atoms with E-state index < -0.39 is 17.5 Å². The van der Waals surface area contributed by atoms with Crippen LogP contribution in [0.2, 0.25) is 0 Å². The number of amides is 1. The van der Waals surface area contributed by atoms with Crippen LogP contribution in [0.4, 0.5) is 14.5 Å². The second kappa shape index (κ2) is 8.04. The van der Waals surface area contributed by atoms with Gasteiger partial charge < -0.3 is 14.9 Å². The SMILES string of the molecule is CCn1c(SCC(=O)Nc2ccc(F)cc2F)nnc1-c1c[nH]c2ccccc12. The number of benzene rings is 2. The highest BCUT2D eigenvalue weighted by Gasteiger charge is 2.17. The molecule has 1 amide bonds. The van der Waals surface area contributed by atoms with Crippen molar-refractivity contribution in [3.05, 3.63) is 60.3 Å². The van der Waals surface area contributed by atoms with Crippen LogP contribution in [0.1, 0.15) is 6.92 Å². The van der Waals surface area contributed by atoms with E-state index in [0.717, 1.165) is 28.6 Å². The Hall–Kier alpha value is -3.20. The van der Waals surface area contributed by atoms with Gasteiger partial charge in [-0.2, -0.15) is 0 Å². The van der Waals surface area contributed by atoms with Crippen LogP contribution in [-0.4, -0.2) is 31.4 Å². The van der Waals surface area contributed by atoms with Gasteiger partial charge in [0.2, 0.25) is 5.91 Å². The maximum Gasteiger partial charge on any atom is 0.234 e. The summed E-state index contributed by atoms with van der Waals surface area (Å²) in [4.78, 5) is 15.4. The van der Waals surface area contributed by atoms with Gasteiger partial charge in [-0.1, -0.05) is 30.0 Å². The maximum absolute atomic E-state index is 13.7. The molecule has 4 aromatic rings. The van der Waals surface area contributed by atoms with Gasteiger partial charge in [0.1, 0.15) is 11.6 Å². The highest BCUT2D eigenvalue weighted by atomic mass is 32.2. The Labute approximate surface area is 169 Å². The zero-order valence-electron chi connectivity index (χ0n) is 15.4. The summed E-state index contributed by atoms with van der Waals surface area (Å²) in [7, 11) is 0. The molecule has 4 rings (SSSR count). The number of carbonyl (C=O) groups excluding carboxylic acids is 1. The van der Waals surface area contributed by atoms with Gasteiger partial charge in [-0.05, 0) is 25.1 Å². The second-order valence-corrected chi connectivity index (χ2v) is 7.20. The van der Waals surface area contributed by atoms with Crippen LogP contribution in [0.15, 0.2) is 53.8 Å². The molecule has 2 aromatic heterocycles. The van der Waals surface area contributed by atoms with Gasteiger partial charge >= 0.3 is 0 Å². The van der Waals surface area contributed by atoms with Gasteiger partial charge in [0.15, 0.2) is 11.0 Å². The van der Waals surface area contributed by atoms with Crippen molar-refractivity contribution < 1.29 is 13.6 Å². The first kappa shape index (κ1) is 19.1. The summed E-state index contributed by atoms with van der Waals surface area (Å²) in [5.41, 5.74) is 1.87. The van der Waals surface area contributed by atoms with Crippen LogP contribution in [0.5, 0.6) is 0 Å². The van der Waals surface area contributed by atoms with E-state index in [4.69, 9.17) is 0 Å². The number of rotatable bonds is 6. The van der Waals surface area contributed by atoms with E-state index in [9.17, 15) is 13.6 Å². The highest BCUT2D eigenvalue weighted by Crippen LogP contribution is 2.30.